The van der Waals surface area contributed by atoms with E-state index in [2.05, 4.69) is 10.3 Å². The normalized spacial score (nSPS) is 28.1. The lowest BCUT2D eigenvalue weighted by Gasteiger charge is -2.20. The van der Waals surface area contributed by atoms with Crippen molar-refractivity contribution in [3.63, 3.8) is 0 Å². The fourth-order valence-electron chi connectivity index (χ4n) is 3.92. The fraction of sp³-hybridized carbons (Fsp3) is 0.500. The van der Waals surface area contributed by atoms with Crippen LogP contribution in [0, 0.1) is 24.7 Å². The van der Waals surface area contributed by atoms with Gasteiger partial charge in [-0.2, -0.15) is 0 Å². The van der Waals surface area contributed by atoms with Gasteiger partial charge in [0.05, 0.1) is 15.2 Å². The molecule has 4 rings (SSSR count). The molecule has 104 valence electrons. The second-order valence-electron chi connectivity index (χ2n) is 6.19. The molecule has 20 heavy (non-hydrogen) atoms. The maximum atomic E-state index is 12.4. The number of fused-ring (bicyclic) bond motifs is 3. The highest BCUT2D eigenvalue weighted by Gasteiger charge is 2.42. The van der Waals surface area contributed by atoms with Crippen molar-refractivity contribution in [3.8, 4) is 0 Å². The third-order valence-corrected chi connectivity index (χ3v) is 5.77. The average molecular weight is 286 g/mol. The number of hydrogen-bond donors (Lipinski definition) is 1. The van der Waals surface area contributed by atoms with Crippen LogP contribution in [0.5, 0.6) is 0 Å². The van der Waals surface area contributed by atoms with E-state index in [1.54, 1.807) is 11.3 Å². The van der Waals surface area contributed by atoms with Crippen molar-refractivity contribution in [2.24, 2.45) is 17.8 Å². The van der Waals surface area contributed by atoms with E-state index in [1.807, 2.05) is 25.1 Å². The van der Waals surface area contributed by atoms with Crippen LogP contribution < -0.4 is 5.32 Å². The van der Waals surface area contributed by atoms with E-state index in [1.165, 1.54) is 19.3 Å². The fourth-order valence-corrected chi connectivity index (χ4v) is 4.78. The molecule has 1 aromatic heterocycles. The summed E-state index contributed by atoms with van der Waals surface area (Å²) < 4.78 is 1.15. The van der Waals surface area contributed by atoms with Gasteiger partial charge in [0.1, 0.15) is 0 Å². The molecule has 1 N–H and O–H groups in total. The number of aromatic nitrogens is 1. The smallest absolute Gasteiger partial charge is 0.227 e. The number of anilines is 1. The van der Waals surface area contributed by atoms with Crippen molar-refractivity contribution in [1.29, 1.82) is 0 Å². The molecule has 1 aromatic carbocycles. The van der Waals surface area contributed by atoms with Crippen LogP contribution in [0.2, 0.25) is 0 Å². The van der Waals surface area contributed by atoms with Gasteiger partial charge in [-0.1, -0.05) is 6.42 Å². The summed E-state index contributed by atoms with van der Waals surface area (Å²) in [5.74, 6) is 1.90. The molecule has 1 amide bonds. The summed E-state index contributed by atoms with van der Waals surface area (Å²) in [6, 6.07) is 6.01. The molecule has 0 saturated heterocycles. The number of thiazole rings is 1. The molecule has 2 aliphatic carbocycles. The molecule has 2 fully saturated rings. The summed E-state index contributed by atoms with van der Waals surface area (Å²) in [7, 11) is 0. The van der Waals surface area contributed by atoms with Crippen LogP contribution in [0.4, 0.5) is 5.69 Å². The number of hydrogen-bond acceptors (Lipinski definition) is 3. The number of rotatable bonds is 2. The van der Waals surface area contributed by atoms with E-state index in [4.69, 9.17) is 0 Å². The topological polar surface area (TPSA) is 42.0 Å². The highest BCUT2D eigenvalue weighted by atomic mass is 32.1. The minimum atomic E-state index is 0.220. The van der Waals surface area contributed by atoms with Crippen LogP contribution in [-0.2, 0) is 4.79 Å². The Hall–Kier alpha value is -1.42. The van der Waals surface area contributed by atoms with Crippen molar-refractivity contribution < 1.29 is 4.79 Å². The quantitative estimate of drug-likeness (QED) is 0.907. The van der Waals surface area contributed by atoms with Gasteiger partial charge in [0.25, 0.3) is 0 Å². The first-order valence-corrected chi connectivity index (χ1v) is 8.19. The molecule has 0 aliphatic heterocycles. The molecule has 2 aromatic rings. The first kappa shape index (κ1) is 12.3. The summed E-state index contributed by atoms with van der Waals surface area (Å²) in [5, 5.41) is 4.18. The molecule has 4 heteroatoms. The minimum absolute atomic E-state index is 0.220. The lowest BCUT2D eigenvalue weighted by molar-refractivity contribution is -0.121. The van der Waals surface area contributed by atoms with Gasteiger partial charge in [-0.3, -0.25) is 4.79 Å². The van der Waals surface area contributed by atoms with Gasteiger partial charge in [0.2, 0.25) is 5.91 Å². The monoisotopic (exact) mass is 286 g/mol. The second-order valence-corrected chi connectivity index (χ2v) is 7.42. The largest absolute Gasteiger partial charge is 0.326 e. The van der Waals surface area contributed by atoms with Crippen molar-refractivity contribution in [3.05, 3.63) is 23.2 Å². The van der Waals surface area contributed by atoms with Gasteiger partial charge in [-0.15, -0.1) is 11.3 Å². The zero-order valence-corrected chi connectivity index (χ0v) is 12.4. The van der Waals surface area contributed by atoms with E-state index in [-0.39, 0.29) is 11.8 Å². The number of nitrogens with one attached hydrogen (secondary N) is 1. The first-order valence-electron chi connectivity index (χ1n) is 7.37. The van der Waals surface area contributed by atoms with E-state index in [0.29, 0.717) is 5.92 Å². The van der Waals surface area contributed by atoms with Crippen molar-refractivity contribution in [2.45, 2.75) is 32.6 Å². The second kappa shape index (κ2) is 4.55. The van der Waals surface area contributed by atoms with Crippen LogP contribution in [0.25, 0.3) is 10.2 Å². The van der Waals surface area contributed by atoms with Gasteiger partial charge in [0.15, 0.2) is 0 Å². The molecule has 2 aliphatic rings. The lowest BCUT2D eigenvalue weighted by Crippen LogP contribution is -2.27. The summed E-state index contributed by atoms with van der Waals surface area (Å²) in [6.07, 6.45) is 4.94. The highest BCUT2D eigenvalue weighted by molar-refractivity contribution is 7.18. The summed E-state index contributed by atoms with van der Waals surface area (Å²) in [6.45, 7) is 2.01. The third kappa shape index (κ3) is 2.03. The van der Waals surface area contributed by atoms with Crippen LogP contribution in [0.15, 0.2) is 18.2 Å². The Kier molecular flexibility index (Phi) is 2.81. The lowest BCUT2D eigenvalue weighted by atomic mass is 9.88. The number of benzene rings is 1. The zero-order chi connectivity index (χ0) is 13.7. The number of aryl methyl sites for hydroxylation is 1. The number of amides is 1. The van der Waals surface area contributed by atoms with Crippen molar-refractivity contribution in [1.82, 2.24) is 4.98 Å². The molecule has 3 unspecified atom stereocenters. The summed E-state index contributed by atoms with van der Waals surface area (Å²) >= 11 is 1.68. The molecule has 3 atom stereocenters. The predicted molar refractivity (Wildman–Crippen MR) is 81.9 cm³/mol. The molecule has 2 bridgehead atoms. The van der Waals surface area contributed by atoms with E-state index in [9.17, 15) is 4.79 Å². The third-order valence-electron chi connectivity index (χ3n) is 4.84. The van der Waals surface area contributed by atoms with Crippen LogP contribution in [-0.4, -0.2) is 10.9 Å². The van der Waals surface area contributed by atoms with E-state index in [0.717, 1.165) is 33.3 Å². The van der Waals surface area contributed by atoms with Gasteiger partial charge in [-0.05, 0) is 56.2 Å². The molecule has 3 nitrogen and oxygen atoms in total. The Morgan fingerprint density at radius 1 is 1.35 bits per heavy atom. The van der Waals surface area contributed by atoms with E-state index < -0.39 is 0 Å². The Bertz CT molecular complexity index is 678. The van der Waals surface area contributed by atoms with E-state index >= 15 is 0 Å². The van der Waals surface area contributed by atoms with Gasteiger partial charge < -0.3 is 5.32 Å². The van der Waals surface area contributed by atoms with Crippen molar-refractivity contribution >= 4 is 33.1 Å². The van der Waals surface area contributed by atoms with Crippen molar-refractivity contribution in [2.75, 3.05) is 5.32 Å². The van der Waals surface area contributed by atoms with Crippen LogP contribution >= 0.6 is 11.3 Å². The summed E-state index contributed by atoms with van der Waals surface area (Å²) in [4.78, 5) is 16.9. The first-order chi connectivity index (χ1) is 9.69. The molecule has 0 spiro atoms. The number of carbonyl (C=O) groups excluding carboxylic acids is 1. The van der Waals surface area contributed by atoms with Crippen LogP contribution in [0.1, 0.15) is 30.7 Å². The Morgan fingerprint density at radius 3 is 3.00 bits per heavy atom. The molecule has 1 heterocycles. The summed E-state index contributed by atoms with van der Waals surface area (Å²) in [5.41, 5.74) is 1.93. The molecule has 2 saturated carbocycles. The number of nitrogens with zero attached hydrogens (tertiary/aromatic N) is 1. The maximum Gasteiger partial charge on any atom is 0.227 e. The minimum Gasteiger partial charge on any atom is -0.326 e. The Balaban J connectivity index is 1.53. The van der Waals surface area contributed by atoms with Gasteiger partial charge in [0, 0.05) is 11.6 Å². The Labute approximate surface area is 122 Å². The molecular weight excluding hydrogens is 268 g/mol. The highest BCUT2D eigenvalue weighted by Crippen LogP contribution is 2.48. The van der Waals surface area contributed by atoms with Gasteiger partial charge >= 0.3 is 0 Å². The van der Waals surface area contributed by atoms with Gasteiger partial charge in [-0.25, -0.2) is 4.98 Å². The Morgan fingerprint density at radius 2 is 2.25 bits per heavy atom. The average Bonchev–Trinajstić information content (AvgIpc) is 3.11. The molecular formula is C16H18N2OS. The standard InChI is InChI=1S/C16H18N2OS/c1-9-17-14-5-4-12(8-15(14)20-9)18-16(19)13-7-10-2-3-11(13)6-10/h4-5,8,10-11,13H,2-3,6-7H2,1H3,(H,18,19). The number of carbonyl (C=O) groups is 1. The maximum absolute atomic E-state index is 12.4. The predicted octanol–water partition coefficient (Wildman–Crippen LogP) is 3.98. The zero-order valence-electron chi connectivity index (χ0n) is 11.6. The SMILES string of the molecule is Cc1nc2ccc(NC(=O)C3CC4CCC3C4)cc2s1. The van der Waals surface area contributed by atoms with Crippen LogP contribution in [0.3, 0.4) is 0 Å². The molecule has 0 radical (unpaired) electrons.